The van der Waals surface area contributed by atoms with E-state index in [4.69, 9.17) is 4.98 Å². The number of hydrogen-bond donors (Lipinski definition) is 1. The molecule has 0 aliphatic heterocycles. The Kier molecular flexibility index (Phi) is 3.67. The topological polar surface area (TPSA) is 24.9 Å². The van der Waals surface area contributed by atoms with Crippen LogP contribution in [0.5, 0.6) is 0 Å². The van der Waals surface area contributed by atoms with Crippen molar-refractivity contribution in [2.24, 2.45) is 0 Å². The van der Waals surface area contributed by atoms with Crippen LogP contribution in [0.25, 0.3) is 10.9 Å². The van der Waals surface area contributed by atoms with Gasteiger partial charge in [0.25, 0.3) is 0 Å². The normalized spacial score (nSPS) is 10.8. The van der Waals surface area contributed by atoms with E-state index < -0.39 is 0 Å². The predicted molar refractivity (Wildman–Crippen MR) is 77.7 cm³/mol. The quantitative estimate of drug-likeness (QED) is 0.905. The fourth-order valence-electron chi connectivity index (χ4n) is 1.95. The second-order valence-corrected chi connectivity index (χ2v) is 5.29. The maximum atomic E-state index is 4.72. The van der Waals surface area contributed by atoms with Gasteiger partial charge in [-0.25, -0.2) is 4.98 Å². The molecule has 0 spiro atoms. The van der Waals surface area contributed by atoms with Gasteiger partial charge >= 0.3 is 0 Å². The summed E-state index contributed by atoms with van der Waals surface area (Å²) in [5.41, 5.74) is 3.48. The van der Waals surface area contributed by atoms with Crippen molar-refractivity contribution in [3.8, 4) is 0 Å². The number of nitrogens with zero attached hydrogens (tertiary/aromatic N) is 1. The smallest absolute Gasteiger partial charge is 0.129 e. The molecule has 0 atom stereocenters. The number of benzene rings is 1. The van der Waals surface area contributed by atoms with E-state index >= 15 is 0 Å². The molecule has 3 heteroatoms. The lowest BCUT2D eigenvalue weighted by Gasteiger charge is -2.11. The first-order chi connectivity index (χ1) is 8.11. The van der Waals surface area contributed by atoms with Crippen LogP contribution >= 0.6 is 15.9 Å². The van der Waals surface area contributed by atoms with Crippen molar-refractivity contribution in [2.75, 3.05) is 11.9 Å². The van der Waals surface area contributed by atoms with Crippen molar-refractivity contribution in [3.63, 3.8) is 0 Å². The van der Waals surface area contributed by atoms with Gasteiger partial charge in [0, 0.05) is 16.4 Å². The largest absolute Gasteiger partial charge is 0.370 e. The van der Waals surface area contributed by atoms with E-state index in [1.54, 1.807) is 0 Å². The summed E-state index contributed by atoms with van der Waals surface area (Å²) in [6, 6.07) is 6.41. The Balaban J connectivity index is 2.55. The van der Waals surface area contributed by atoms with Gasteiger partial charge in [0.2, 0.25) is 0 Å². The minimum Gasteiger partial charge on any atom is -0.370 e. The summed E-state index contributed by atoms with van der Waals surface area (Å²) in [4.78, 5) is 4.72. The standard InChI is InChI=1S/C14H17BrN2/c1-4-5-16-14-10(3)6-11-8-12(15)7-9(2)13(11)17-14/h6-8H,4-5H2,1-3H3,(H,16,17). The van der Waals surface area contributed by atoms with E-state index in [1.807, 2.05) is 0 Å². The molecule has 0 saturated heterocycles. The molecule has 0 unspecified atom stereocenters. The Morgan fingerprint density at radius 1 is 1.18 bits per heavy atom. The van der Waals surface area contributed by atoms with E-state index in [9.17, 15) is 0 Å². The molecule has 0 aliphatic rings. The number of nitrogens with one attached hydrogen (secondary N) is 1. The molecular weight excluding hydrogens is 276 g/mol. The SMILES string of the molecule is CCCNc1nc2c(C)cc(Br)cc2cc1C. The molecule has 1 aromatic carbocycles. The van der Waals surface area contributed by atoms with E-state index in [0.717, 1.165) is 28.8 Å². The zero-order valence-electron chi connectivity index (χ0n) is 10.5. The summed E-state index contributed by atoms with van der Waals surface area (Å²) in [6.07, 6.45) is 1.11. The molecule has 17 heavy (non-hydrogen) atoms. The van der Waals surface area contributed by atoms with Gasteiger partial charge in [-0.05, 0) is 49.6 Å². The van der Waals surface area contributed by atoms with Gasteiger partial charge in [-0.15, -0.1) is 0 Å². The van der Waals surface area contributed by atoms with E-state index in [1.165, 1.54) is 16.5 Å². The van der Waals surface area contributed by atoms with Crippen molar-refractivity contribution >= 4 is 32.7 Å². The number of fused-ring (bicyclic) bond motifs is 1. The number of pyridine rings is 1. The third-order valence-corrected chi connectivity index (χ3v) is 3.26. The number of hydrogen-bond acceptors (Lipinski definition) is 2. The first-order valence-electron chi connectivity index (χ1n) is 5.93. The minimum atomic E-state index is 0.967. The monoisotopic (exact) mass is 292 g/mol. The Hall–Kier alpha value is -1.09. The molecule has 90 valence electrons. The number of halogens is 1. The number of anilines is 1. The van der Waals surface area contributed by atoms with E-state index in [-0.39, 0.29) is 0 Å². The van der Waals surface area contributed by atoms with E-state index in [0.29, 0.717) is 0 Å². The highest BCUT2D eigenvalue weighted by Gasteiger charge is 2.06. The van der Waals surface area contributed by atoms with Crippen LogP contribution in [0.15, 0.2) is 22.7 Å². The summed E-state index contributed by atoms with van der Waals surface area (Å²) in [5, 5.41) is 4.56. The Labute approximate surface area is 111 Å². The van der Waals surface area contributed by atoms with Crippen LogP contribution < -0.4 is 5.32 Å². The summed E-state index contributed by atoms with van der Waals surface area (Å²) in [6.45, 7) is 7.32. The molecule has 1 aromatic heterocycles. The second kappa shape index (κ2) is 5.05. The van der Waals surface area contributed by atoms with Crippen molar-refractivity contribution in [3.05, 3.63) is 33.8 Å². The van der Waals surface area contributed by atoms with Gasteiger partial charge in [0.1, 0.15) is 5.82 Å². The lowest BCUT2D eigenvalue weighted by atomic mass is 10.1. The lowest BCUT2D eigenvalue weighted by Crippen LogP contribution is -2.04. The Morgan fingerprint density at radius 3 is 2.65 bits per heavy atom. The van der Waals surface area contributed by atoms with Gasteiger partial charge in [-0.2, -0.15) is 0 Å². The Morgan fingerprint density at radius 2 is 1.94 bits per heavy atom. The van der Waals surface area contributed by atoms with Crippen molar-refractivity contribution < 1.29 is 0 Å². The molecule has 2 aromatic rings. The first kappa shape index (κ1) is 12.4. The summed E-state index contributed by atoms with van der Waals surface area (Å²) in [5.74, 6) is 1.00. The van der Waals surface area contributed by atoms with Gasteiger partial charge in [0.15, 0.2) is 0 Å². The third-order valence-electron chi connectivity index (χ3n) is 2.81. The average Bonchev–Trinajstić information content (AvgIpc) is 2.26. The molecule has 0 bridgehead atoms. The third kappa shape index (κ3) is 2.60. The van der Waals surface area contributed by atoms with Gasteiger partial charge < -0.3 is 5.32 Å². The highest BCUT2D eigenvalue weighted by molar-refractivity contribution is 9.10. The van der Waals surface area contributed by atoms with Gasteiger partial charge in [0.05, 0.1) is 5.52 Å². The van der Waals surface area contributed by atoms with Crippen LogP contribution in [-0.2, 0) is 0 Å². The minimum absolute atomic E-state index is 0.967. The fraction of sp³-hybridized carbons (Fsp3) is 0.357. The molecule has 0 radical (unpaired) electrons. The zero-order chi connectivity index (χ0) is 12.4. The Bertz CT molecular complexity index is 549. The average molecular weight is 293 g/mol. The molecule has 1 N–H and O–H groups in total. The number of aryl methyl sites for hydroxylation is 2. The van der Waals surface area contributed by atoms with Crippen molar-refractivity contribution in [2.45, 2.75) is 27.2 Å². The maximum Gasteiger partial charge on any atom is 0.129 e. The molecule has 1 heterocycles. The maximum absolute atomic E-state index is 4.72. The number of rotatable bonds is 3. The molecule has 0 saturated carbocycles. The van der Waals surface area contributed by atoms with Gasteiger partial charge in [-0.3, -0.25) is 0 Å². The van der Waals surface area contributed by atoms with Crippen LogP contribution in [0, 0.1) is 13.8 Å². The summed E-state index contributed by atoms with van der Waals surface area (Å²) < 4.78 is 1.11. The number of aromatic nitrogens is 1. The van der Waals surface area contributed by atoms with Gasteiger partial charge in [-0.1, -0.05) is 22.9 Å². The highest BCUT2D eigenvalue weighted by Crippen LogP contribution is 2.26. The zero-order valence-corrected chi connectivity index (χ0v) is 12.1. The van der Waals surface area contributed by atoms with Crippen LogP contribution in [0.1, 0.15) is 24.5 Å². The molecule has 2 rings (SSSR count). The molecular formula is C14H17BrN2. The van der Waals surface area contributed by atoms with Crippen LogP contribution in [0.3, 0.4) is 0 Å². The first-order valence-corrected chi connectivity index (χ1v) is 6.72. The summed E-state index contributed by atoms with van der Waals surface area (Å²) >= 11 is 3.52. The van der Waals surface area contributed by atoms with Crippen LogP contribution in [0.2, 0.25) is 0 Å². The molecule has 0 amide bonds. The highest BCUT2D eigenvalue weighted by atomic mass is 79.9. The molecule has 0 aliphatic carbocycles. The predicted octanol–water partition coefficient (Wildman–Crippen LogP) is 4.44. The van der Waals surface area contributed by atoms with E-state index in [2.05, 4.69) is 60.2 Å². The fourth-order valence-corrected chi connectivity index (χ4v) is 2.54. The molecule has 2 nitrogen and oxygen atoms in total. The van der Waals surface area contributed by atoms with Crippen molar-refractivity contribution in [1.82, 2.24) is 4.98 Å². The lowest BCUT2D eigenvalue weighted by molar-refractivity contribution is 0.968. The van der Waals surface area contributed by atoms with Crippen LogP contribution in [0.4, 0.5) is 5.82 Å². The summed E-state index contributed by atoms with van der Waals surface area (Å²) in [7, 11) is 0. The second-order valence-electron chi connectivity index (χ2n) is 4.38. The molecule has 0 fully saturated rings. The van der Waals surface area contributed by atoms with Crippen LogP contribution in [-0.4, -0.2) is 11.5 Å². The van der Waals surface area contributed by atoms with Crippen molar-refractivity contribution in [1.29, 1.82) is 0 Å².